The first-order valence-electron chi connectivity index (χ1n) is 5.39. The Morgan fingerprint density at radius 2 is 1.93 bits per heavy atom. The van der Waals surface area contributed by atoms with E-state index < -0.39 is 0 Å². The van der Waals surface area contributed by atoms with Crippen LogP contribution >= 0.6 is 0 Å². The van der Waals surface area contributed by atoms with Crippen molar-refractivity contribution in [3.8, 4) is 5.75 Å². The Morgan fingerprint density at radius 1 is 1.33 bits per heavy atom. The Hall–Kier alpha value is -1.02. The number of phenolic OH excluding ortho intramolecular Hbond substituents is 1. The van der Waals surface area contributed by atoms with Gasteiger partial charge in [-0.3, -0.25) is 0 Å². The highest BCUT2D eigenvalue weighted by atomic mass is 16.3. The van der Waals surface area contributed by atoms with Crippen molar-refractivity contribution in [2.45, 2.75) is 39.0 Å². The van der Waals surface area contributed by atoms with Crippen LogP contribution in [0.2, 0.25) is 0 Å². The second kappa shape index (κ2) is 4.23. The summed E-state index contributed by atoms with van der Waals surface area (Å²) in [6, 6.07) is 5.80. The molecule has 0 fully saturated rings. The third-order valence-corrected chi connectivity index (χ3v) is 2.78. The van der Waals surface area contributed by atoms with Crippen LogP contribution in [-0.4, -0.2) is 11.7 Å². The topological polar surface area (TPSA) is 46.2 Å². The van der Waals surface area contributed by atoms with Gasteiger partial charge in [-0.1, -0.05) is 39.8 Å². The molecule has 0 spiro atoms. The van der Waals surface area contributed by atoms with Crippen LogP contribution in [0.3, 0.4) is 0 Å². The maximum absolute atomic E-state index is 9.75. The summed E-state index contributed by atoms with van der Waals surface area (Å²) < 4.78 is 0. The van der Waals surface area contributed by atoms with Gasteiger partial charge in [-0.15, -0.1) is 0 Å². The Balaban J connectivity index is 3.17. The second-order valence-corrected chi connectivity index (χ2v) is 5.16. The number of hydrogen-bond acceptors (Lipinski definition) is 2. The summed E-state index contributed by atoms with van der Waals surface area (Å²) in [5, 5.41) is 9.75. The number of aromatic hydroxyl groups is 1. The van der Waals surface area contributed by atoms with Gasteiger partial charge >= 0.3 is 0 Å². The first kappa shape index (κ1) is 12.1. The van der Waals surface area contributed by atoms with Gasteiger partial charge in [0.25, 0.3) is 0 Å². The summed E-state index contributed by atoms with van der Waals surface area (Å²) in [5.74, 6) is 0.549. The Labute approximate surface area is 92.1 Å². The van der Waals surface area contributed by atoms with Crippen molar-refractivity contribution in [2.24, 2.45) is 5.73 Å². The van der Waals surface area contributed by atoms with Crippen molar-refractivity contribution in [3.05, 3.63) is 29.3 Å². The predicted molar refractivity (Wildman–Crippen MR) is 64.3 cm³/mol. The lowest BCUT2D eigenvalue weighted by Crippen LogP contribution is -2.14. The van der Waals surface area contributed by atoms with Gasteiger partial charge in [0.1, 0.15) is 5.75 Å². The zero-order chi connectivity index (χ0) is 11.6. The van der Waals surface area contributed by atoms with E-state index in [1.165, 1.54) is 5.56 Å². The summed E-state index contributed by atoms with van der Waals surface area (Å²) >= 11 is 0. The van der Waals surface area contributed by atoms with Crippen LogP contribution < -0.4 is 5.73 Å². The van der Waals surface area contributed by atoms with Gasteiger partial charge in [0.2, 0.25) is 0 Å². The third kappa shape index (κ3) is 2.72. The predicted octanol–water partition coefficient (Wildman–Crippen LogP) is 2.75. The summed E-state index contributed by atoms with van der Waals surface area (Å²) in [6.45, 7) is 9.07. The van der Waals surface area contributed by atoms with E-state index in [9.17, 15) is 5.11 Å². The molecular weight excluding hydrogens is 186 g/mol. The third-order valence-electron chi connectivity index (χ3n) is 2.78. The molecule has 0 heterocycles. The van der Waals surface area contributed by atoms with E-state index in [-0.39, 0.29) is 11.3 Å². The lowest BCUT2D eigenvalue weighted by molar-refractivity contribution is 0.461. The highest BCUT2D eigenvalue weighted by Crippen LogP contribution is 2.31. The zero-order valence-corrected chi connectivity index (χ0v) is 10.0. The maximum Gasteiger partial charge on any atom is 0.119 e. The number of phenols is 1. The highest BCUT2D eigenvalue weighted by molar-refractivity contribution is 5.40. The van der Waals surface area contributed by atoms with E-state index in [2.05, 4.69) is 26.8 Å². The lowest BCUT2D eigenvalue weighted by atomic mass is 9.84. The van der Waals surface area contributed by atoms with E-state index in [0.29, 0.717) is 12.3 Å². The van der Waals surface area contributed by atoms with Gasteiger partial charge in [0.15, 0.2) is 0 Å². The summed E-state index contributed by atoms with van der Waals surface area (Å²) in [6.07, 6.45) is 0. The normalized spacial score (nSPS) is 13.9. The van der Waals surface area contributed by atoms with Gasteiger partial charge in [-0.2, -0.15) is 0 Å². The minimum atomic E-state index is 0.108. The molecule has 2 heteroatoms. The summed E-state index contributed by atoms with van der Waals surface area (Å²) in [5.41, 5.74) is 7.91. The number of hydrogen-bond donors (Lipinski definition) is 2. The van der Waals surface area contributed by atoms with Crippen LogP contribution in [0.5, 0.6) is 5.75 Å². The minimum absolute atomic E-state index is 0.108. The molecule has 0 saturated heterocycles. The summed E-state index contributed by atoms with van der Waals surface area (Å²) in [4.78, 5) is 0. The molecule has 15 heavy (non-hydrogen) atoms. The van der Waals surface area contributed by atoms with Crippen molar-refractivity contribution < 1.29 is 5.11 Å². The van der Waals surface area contributed by atoms with Crippen molar-refractivity contribution in [1.82, 2.24) is 0 Å². The van der Waals surface area contributed by atoms with Gasteiger partial charge in [-0.25, -0.2) is 0 Å². The molecule has 2 nitrogen and oxygen atoms in total. The minimum Gasteiger partial charge on any atom is -0.508 e. The van der Waals surface area contributed by atoms with E-state index >= 15 is 0 Å². The Kier molecular flexibility index (Phi) is 3.40. The monoisotopic (exact) mass is 207 g/mol. The van der Waals surface area contributed by atoms with E-state index in [4.69, 9.17) is 5.73 Å². The van der Waals surface area contributed by atoms with Crippen LogP contribution in [0, 0.1) is 0 Å². The number of rotatable bonds is 2. The van der Waals surface area contributed by atoms with Crippen LogP contribution in [0.25, 0.3) is 0 Å². The van der Waals surface area contributed by atoms with Crippen LogP contribution in [0.4, 0.5) is 0 Å². The van der Waals surface area contributed by atoms with Crippen molar-refractivity contribution in [1.29, 1.82) is 0 Å². The quantitative estimate of drug-likeness (QED) is 0.783. The van der Waals surface area contributed by atoms with Crippen molar-refractivity contribution in [3.63, 3.8) is 0 Å². The average Bonchev–Trinajstić information content (AvgIpc) is 2.15. The second-order valence-electron chi connectivity index (χ2n) is 5.16. The first-order valence-corrected chi connectivity index (χ1v) is 5.39. The largest absolute Gasteiger partial charge is 0.508 e. The SMILES string of the molecule is CC(CN)c1cc(C(C)(C)C)ccc1O. The highest BCUT2D eigenvalue weighted by Gasteiger charge is 2.17. The molecule has 1 rings (SSSR count). The Morgan fingerprint density at radius 3 is 2.40 bits per heavy atom. The molecule has 1 unspecified atom stereocenters. The number of benzene rings is 1. The van der Waals surface area contributed by atoms with Crippen LogP contribution in [0.15, 0.2) is 18.2 Å². The van der Waals surface area contributed by atoms with Crippen LogP contribution in [-0.2, 0) is 5.41 Å². The molecule has 3 N–H and O–H groups in total. The van der Waals surface area contributed by atoms with Crippen LogP contribution in [0.1, 0.15) is 44.7 Å². The molecule has 0 amide bonds. The smallest absolute Gasteiger partial charge is 0.119 e. The van der Waals surface area contributed by atoms with E-state index in [1.807, 2.05) is 13.0 Å². The van der Waals surface area contributed by atoms with E-state index in [0.717, 1.165) is 5.56 Å². The average molecular weight is 207 g/mol. The first-order chi connectivity index (χ1) is 6.86. The molecule has 0 aliphatic heterocycles. The van der Waals surface area contributed by atoms with Crippen molar-refractivity contribution in [2.75, 3.05) is 6.54 Å². The fourth-order valence-corrected chi connectivity index (χ4v) is 1.54. The number of nitrogens with two attached hydrogens (primary N) is 1. The van der Waals surface area contributed by atoms with Gasteiger partial charge in [0, 0.05) is 0 Å². The fourth-order valence-electron chi connectivity index (χ4n) is 1.54. The van der Waals surface area contributed by atoms with Gasteiger partial charge in [-0.05, 0) is 35.1 Å². The molecule has 0 aliphatic rings. The molecule has 0 saturated carbocycles. The molecular formula is C13H21NO. The lowest BCUT2D eigenvalue weighted by Gasteiger charge is -2.21. The van der Waals surface area contributed by atoms with E-state index in [1.54, 1.807) is 6.07 Å². The molecule has 0 aliphatic carbocycles. The maximum atomic E-state index is 9.75. The fraction of sp³-hybridized carbons (Fsp3) is 0.538. The Bertz CT molecular complexity index is 339. The standard InChI is InChI=1S/C13H21NO/c1-9(8-14)11-7-10(13(2,3)4)5-6-12(11)15/h5-7,9,15H,8,14H2,1-4H3. The van der Waals surface area contributed by atoms with Gasteiger partial charge < -0.3 is 10.8 Å². The van der Waals surface area contributed by atoms with Crippen molar-refractivity contribution >= 4 is 0 Å². The molecule has 84 valence electrons. The molecule has 1 aromatic rings. The molecule has 0 aromatic heterocycles. The molecule has 0 radical (unpaired) electrons. The zero-order valence-electron chi connectivity index (χ0n) is 10.0. The summed E-state index contributed by atoms with van der Waals surface area (Å²) in [7, 11) is 0. The molecule has 1 atom stereocenters. The molecule has 0 bridgehead atoms. The molecule has 1 aromatic carbocycles. The van der Waals surface area contributed by atoms with Gasteiger partial charge in [0.05, 0.1) is 0 Å².